The zero-order valence-electron chi connectivity index (χ0n) is 6.90. The minimum Gasteiger partial charge on any atom is -0.508 e. The lowest BCUT2D eigenvalue weighted by atomic mass is 10.1. The first-order valence-corrected chi connectivity index (χ1v) is 3.89. The zero-order chi connectivity index (χ0) is 9.26. The summed E-state index contributed by atoms with van der Waals surface area (Å²) in [5, 5.41) is 9.06. The molecule has 3 heteroatoms. The Morgan fingerprint density at radius 1 is 1.08 bits per heavy atom. The van der Waals surface area contributed by atoms with Crippen LogP contribution in [0.25, 0.3) is 11.1 Å². The number of phenolic OH excluding ortho intramolecular Hbond substituents is 1. The molecule has 13 heavy (non-hydrogen) atoms. The van der Waals surface area contributed by atoms with Crippen LogP contribution in [0.4, 0.5) is 5.88 Å². The van der Waals surface area contributed by atoms with Gasteiger partial charge in [-0.2, -0.15) is 0 Å². The average molecular weight is 175 g/mol. The second-order valence-electron chi connectivity index (χ2n) is 2.78. The molecule has 0 bridgehead atoms. The lowest BCUT2D eigenvalue weighted by Gasteiger charge is -1.95. The van der Waals surface area contributed by atoms with Crippen LogP contribution in [-0.2, 0) is 0 Å². The molecule has 1 aromatic heterocycles. The Hall–Kier alpha value is -1.90. The Morgan fingerprint density at radius 3 is 2.31 bits per heavy atom. The second-order valence-corrected chi connectivity index (χ2v) is 2.78. The van der Waals surface area contributed by atoms with E-state index in [0.29, 0.717) is 5.88 Å². The van der Waals surface area contributed by atoms with E-state index in [0.717, 1.165) is 11.1 Å². The van der Waals surface area contributed by atoms with E-state index in [1.165, 1.54) is 0 Å². The fourth-order valence-electron chi connectivity index (χ4n) is 1.16. The van der Waals surface area contributed by atoms with Crippen molar-refractivity contribution < 1.29 is 9.52 Å². The van der Waals surface area contributed by atoms with Crippen LogP contribution in [0.5, 0.6) is 5.75 Å². The Kier molecular flexibility index (Phi) is 1.70. The molecule has 0 fully saturated rings. The molecule has 0 amide bonds. The standard InChI is InChI=1S/C10H9NO2/c11-10-5-8(6-13-10)7-1-3-9(12)4-2-7/h1-6,12H,11H2. The topological polar surface area (TPSA) is 59.4 Å². The van der Waals surface area contributed by atoms with Gasteiger partial charge in [0.25, 0.3) is 0 Å². The fourth-order valence-corrected chi connectivity index (χ4v) is 1.16. The predicted octanol–water partition coefficient (Wildman–Crippen LogP) is 2.23. The van der Waals surface area contributed by atoms with E-state index in [1.807, 2.05) is 0 Å². The zero-order valence-corrected chi connectivity index (χ0v) is 6.90. The van der Waals surface area contributed by atoms with Gasteiger partial charge in [0.15, 0.2) is 5.88 Å². The van der Waals surface area contributed by atoms with Gasteiger partial charge in [-0.1, -0.05) is 12.1 Å². The summed E-state index contributed by atoms with van der Waals surface area (Å²) in [7, 11) is 0. The molecule has 1 heterocycles. The molecule has 2 aromatic rings. The van der Waals surface area contributed by atoms with Gasteiger partial charge in [0.1, 0.15) is 12.0 Å². The van der Waals surface area contributed by atoms with Crippen molar-refractivity contribution in [2.24, 2.45) is 0 Å². The summed E-state index contributed by atoms with van der Waals surface area (Å²) >= 11 is 0. The first-order chi connectivity index (χ1) is 6.25. The summed E-state index contributed by atoms with van der Waals surface area (Å²) in [6.45, 7) is 0. The van der Waals surface area contributed by atoms with Crippen molar-refractivity contribution in [3.05, 3.63) is 36.6 Å². The molecule has 2 rings (SSSR count). The van der Waals surface area contributed by atoms with Gasteiger partial charge < -0.3 is 15.3 Å². The van der Waals surface area contributed by atoms with Crippen LogP contribution in [-0.4, -0.2) is 5.11 Å². The summed E-state index contributed by atoms with van der Waals surface area (Å²) in [5.74, 6) is 0.642. The predicted molar refractivity (Wildman–Crippen MR) is 50.2 cm³/mol. The Morgan fingerprint density at radius 2 is 1.77 bits per heavy atom. The highest BCUT2D eigenvalue weighted by Gasteiger charge is 2.00. The highest BCUT2D eigenvalue weighted by atomic mass is 16.3. The number of furan rings is 1. The summed E-state index contributed by atoms with van der Waals surface area (Å²) in [6.07, 6.45) is 1.59. The van der Waals surface area contributed by atoms with Gasteiger partial charge in [0.2, 0.25) is 0 Å². The molecule has 0 atom stereocenters. The highest BCUT2D eigenvalue weighted by molar-refractivity contribution is 5.65. The van der Waals surface area contributed by atoms with E-state index in [9.17, 15) is 0 Å². The molecule has 0 aliphatic rings. The van der Waals surface area contributed by atoms with Crippen molar-refractivity contribution in [1.82, 2.24) is 0 Å². The van der Waals surface area contributed by atoms with Gasteiger partial charge in [-0.05, 0) is 17.7 Å². The third-order valence-corrected chi connectivity index (χ3v) is 1.82. The molecule has 0 radical (unpaired) electrons. The molecule has 0 aliphatic heterocycles. The van der Waals surface area contributed by atoms with Gasteiger partial charge in [-0.25, -0.2) is 0 Å². The number of aromatic hydroxyl groups is 1. The van der Waals surface area contributed by atoms with Gasteiger partial charge in [-0.3, -0.25) is 0 Å². The van der Waals surface area contributed by atoms with Gasteiger partial charge >= 0.3 is 0 Å². The van der Waals surface area contributed by atoms with Gasteiger partial charge in [0.05, 0.1) is 0 Å². The van der Waals surface area contributed by atoms with Crippen LogP contribution in [0.1, 0.15) is 0 Å². The van der Waals surface area contributed by atoms with Crippen LogP contribution in [0.2, 0.25) is 0 Å². The number of nitrogens with two attached hydrogens (primary N) is 1. The molecule has 3 N–H and O–H groups in total. The van der Waals surface area contributed by atoms with E-state index in [1.54, 1.807) is 36.6 Å². The van der Waals surface area contributed by atoms with E-state index in [2.05, 4.69) is 0 Å². The van der Waals surface area contributed by atoms with E-state index < -0.39 is 0 Å². The Bertz CT molecular complexity index is 403. The third kappa shape index (κ3) is 1.49. The Labute approximate surface area is 75.4 Å². The molecule has 1 aromatic carbocycles. The first kappa shape index (κ1) is 7.73. The molecular formula is C10H9NO2. The molecule has 0 spiro atoms. The van der Waals surface area contributed by atoms with Crippen molar-refractivity contribution >= 4 is 5.88 Å². The molecular weight excluding hydrogens is 166 g/mol. The first-order valence-electron chi connectivity index (χ1n) is 3.89. The van der Waals surface area contributed by atoms with E-state index >= 15 is 0 Å². The summed E-state index contributed by atoms with van der Waals surface area (Å²) in [6, 6.07) is 8.60. The SMILES string of the molecule is Nc1cc(-c2ccc(O)cc2)co1. The van der Waals surface area contributed by atoms with Crippen molar-refractivity contribution in [2.45, 2.75) is 0 Å². The summed E-state index contributed by atoms with van der Waals surface area (Å²) in [5.41, 5.74) is 7.31. The van der Waals surface area contributed by atoms with E-state index in [4.69, 9.17) is 15.3 Å². The van der Waals surface area contributed by atoms with Crippen molar-refractivity contribution in [2.75, 3.05) is 5.73 Å². The second kappa shape index (κ2) is 2.86. The summed E-state index contributed by atoms with van der Waals surface area (Å²) in [4.78, 5) is 0. The third-order valence-electron chi connectivity index (χ3n) is 1.82. The number of nitrogen functional groups attached to an aromatic ring is 1. The molecule has 0 saturated heterocycles. The number of hydrogen-bond acceptors (Lipinski definition) is 3. The largest absolute Gasteiger partial charge is 0.508 e. The smallest absolute Gasteiger partial charge is 0.190 e. The lowest BCUT2D eigenvalue weighted by Crippen LogP contribution is -1.76. The van der Waals surface area contributed by atoms with E-state index in [-0.39, 0.29) is 5.75 Å². The normalized spacial score (nSPS) is 10.2. The van der Waals surface area contributed by atoms with Crippen LogP contribution >= 0.6 is 0 Å². The van der Waals surface area contributed by atoms with Crippen molar-refractivity contribution in [1.29, 1.82) is 0 Å². The molecule has 0 aliphatic carbocycles. The minimum absolute atomic E-state index is 0.250. The maximum absolute atomic E-state index is 9.06. The quantitative estimate of drug-likeness (QED) is 0.698. The molecule has 0 unspecified atom stereocenters. The fraction of sp³-hybridized carbons (Fsp3) is 0. The van der Waals surface area contributed by atoms with Crippen LogP contribution in [0, 0.1) is 0 Å². The van der Waals surface area contributed by atoms with Crippen LogP contribution < -0.4 is 5.73 Å². The number of phenols is 1. The number of benzene rings is 1. The van der Waals surface area contributed by atoms with Crippen LogP contribution in [0.3, 0.4) is 0 Å². The molecule has 66 valence electrons. The monoisotopic (exact) mass is 175 g/mol. The number of anilines is 1. The minimum atomic E-state index is 0.250. The molecule has 3 nitrogen and oxygen atoms in total. The van der Waals surface area contributed by atoms with Crippen LogP contribution in [0.15, 0.2) is 41.0 Å². The summed E-state index contributed by atoms with van der Waals surface area (Å²) < 4.78 is 4.96. The van der Waals surface area contributed by atoms with Gasteiger partial charge in [-0.15, -0.1) is 0 Å². The highest BCUT2D eigenvalue weighted by Crippen LogP contribution is 2.24. The van der Waals surface area contributed by atoms with Gasteiger partial charge in [0, 0.05) is 11.6 Å². The average Bonchev–Trinajstić information content (AvgIpc) is 2.53. The number of rotatable bonds is 1. The maximum Gasteiger partial charge on any atom is 0.190 e. The Balaban J connectivity index is 2.41. The lowest BCUT2D eigenvalue weighted by molar-refractivity contribution is 0.475. The number of hydrogen-bond donors (Lipinski definition) is 2. The maximum atomic E-state index is 9.06. The molecule has 0 saturated carbocycles. The van der Waals surface area contributed by atoms with Crippen molar-refractivity contribution in [3.63, 3.8) is 0 Å². The van der Waals surface area contributed by atoms with Crippen molar-refractivity contribution in [3.8, 4) is 16.9 Å².